The van der Waals surface area contributed by atoms with Gasteiger partial charge in [-0.1, -0.05) is 12.2 Å². The molecular weight excluding hydrogens is 1100 g/mol. The molecule has 4 N–H and O–H groups in total. The fourth-order valence-electron chi connectivity index (χ4n) is 5.04. The van der Waals surface area contributed by atoms with Gasteiger partial charge >= 0.3 is 57.4 Å². The zero-order valence-corrected chi connectivity index (χ0v) is 46.3. The SMILES string of the molecule is C=CCNC(=O)CC(C)(F)C(=O)NCC=C.COC(F)(F)C(F)(F)C(F)(F)C(F)(F)CCOC(F)(F)F.CO[SiH](OC)OC.CO[Si](CCCNC(=O)CC(C)(F)C(=O)NCCC[Si](OC)(OC)OC)(OC)OC. The van der Waals surface area contributed by atoms with Crippen molar-refractivity contribution in [3.63, 3.8) is 0 Å². The molecular formula is C39H71F13N4O15Si3. The Morgan fingerprint density at radius 2 is 0.878 bits per heavy atom. The molecule has 35 heteroatoms. The number of hydrogen-bond acceptors (Lipinski definition) is 15. The van der Waals surface area contributed by atoms with Gasteiger partial charge in [0.15, 0.2) is 11.3 Å². The molecule has 0 bridgehead atoms. The molecule has 74 heavy (non-hydrogen) atoms. The van der Waals surface area contributed by atoms with Crippen LogP contribution in [0.1, 0.15) is 46.0 Å². The summed E-state index contributed by atoms with van der Waals surface area (Å²) in [6.45, 7) is 7.74. The summed E-state index contributed by atoms with van der Waals surface area (Å²) in [4.78, 5) is 46.6. The first-order valence-corrected chi connectivity index (χ1v) is 26.5. The van der Waals surface area contributed by atoms with Gasteiger partial charge in [0.25, 0.3) is 11.8 Å². The fraction of sp³-hybridized carbons (Fsp3) is 0.795. The number of ether oxygens (including phenoxy) is 2. The number of carbonyl (C=O) groups is 4. The highest BCUT2D eigenvalue weighted by Crippen LogP contribution is 2.53. The van der Waals surface area contributed by atoms with E-state index in [0.717, 1.165) is 13.8 Å². The van der Waals surface area contributed by atoms with E-state index in [-0.39, 0.29) is 26.7 Å². The van der Waals surface area contributed by atoms with Crippen LogP contribution in [-0.2, 0) is 68.5 Å². The molecule has 0 fully saturated rings. The van der Waals surface area contributed by atoms with Crippen molar-refractivity contribution in [2.45, 2.75) is 99.6 Å². The van der Waals surface area contributed by atoms with E-state index in [1.165, 1.54) is 54.8 Å². The number of nitrogens with one attached hydrogen (secondary N) is 4. The molecule has 4 amide bonds. The number of halogens is 13. The maximum Gasteiger partial charge on any atom is 0.522 e. The molecule has 0 radical (unpaired) electrons. The number of amides is 4. The Balaban J connectivity index is -0.000000485. The third-order valence-electron chi connectivity index (χ3n) is 9.31. The summed E-state index contributed by atoms with van der Waals surface area (Å²) in [6, 6.07) is 0.967. The van der Waals surface area contributed by atoms with Gasteiger partial charge in [-0.25, -0.2) is 8.78 Å². The molecule has 0 aliphatic carbocycles. The van der Waals surface area contributed by atoms with E-state index in [2.05, 4.69) is 43.9 Å². The molecule has 0 rings (SSSR count). The van der Waals surface area contributed by atoms with Crippen LogP contribution in [0.3, 0.4) is 0 Å². The van der Waals surface area contributed by atoms with Crippen molar-refractivity contribution in [1.82, 2.24) is 21.3 Å². The van der Waals surface area contributed by atoms with Crippen molar-refractivity contribution < 1.29 is 126 Å². The monoisotopic (exact) mass is 1170 g/mol. The van der Waals surface area contributed by atoms with Crippen molar-refractivity contribution in [1.29, 1.82) is 0 Å². The highest BCUT2D eigenvalue weighted by atomic mass is 28.4. The second-order valence-electron chi connectivity index (χ2n) is 14.9. The van der Waals surface area contributed by atoms with E-state index < -0.39 is 118 Å². The van der Waals surface area contributed by atoms with E-state index in [9.17, 15) is 76.3 Å². The number of methoxy groups -OCH3 is 1. The summed E-state index contributed by atoms with van der Waals surface area (Å²) in [5, 5.41) is 9.81. The molecule has 0 aromatic carbocycles. The molecule has 0 aromatic heterocycles. The normalized spacial score (nSPS) is 14.0. The van der Waals surface area contributed by atoms with Gasteiger partial charge in [-0.2, -0.15) is 35.1 Å². The van der Waals surface area contributed by atoms with Crippen molar-refractivity contribution in [2.75, 3.05) is 104 Å². The third-order valence-corrected chi connectivity index (χ3v) is 16.1. The van der Waals surface area contributed by atoms with Crippen molar-refractivity contribution in [2.24, 2.45) is 0 Å². The summed E-state index contributed by atoms with van der Waals surface area (Å²) in [7, 11) is 6.47. The Kier molecular flexibility index (Phi) is 38.2. The highest BCUT2D eigenvalue weighted by Gasteiger charge is 2.81. The largest absolute Gasteiger partial charge is 0.522 e. The average molecular weight is 1170 g/mol. The highest BCUT2D eigenvalue weighted by molar-refractivity contribution is 6.60. The molecule has 0 spiro atoms. The van der Waals surface area contributed by atoms with Crippen LogP contribution in [0, 0.1) is 0 Å². The summed E-state index contributed by atoms with van der Waals surface area (Å²) < 4.78 is 216. The second kappa shape index (κ2) is 36.6. The zero-order chi connectivity index (χ0) is 58.9. The van der Waals surface area contributed by atoms with Crippen LogP contribution in [0.25, 0.3) is 0 Å². The van der Waals surface area contributed by atoms with Gasteiger partial charge in [-0.3, -0.25) is 23.9 Å². The zero-order valence-electron chi connectivity index (χ0n) is 43.2. The van der Waals surface area contributed by atoms with E-state index in [1.54, 1.807) is 21.3 Å². The Morgan fingerprint density at radius 3 is 1.20 bits per heavy atom. The average Bonchev–Trinajstić information content (AvgIpc) is 3.33. The minimum atomic E-state index is -6.69. The predicted molar refractivity (Wildman–Crippen MR) is 245 cm³/mol. The van der Waals surface area contributed by atoms with Gasteiger partial charge in [-0.05, 0) is 26.7 Å². The van der Waals surface area contributed by atoms with Crippen LogP contribution in [-0.4, -0.2) is 196 Å². The molecule has 2 unspecified atom stereocenters. The lowest BCUT2D eigenvalue weighted by atomic mass is 10.0. The summed E-state index contributed by atoms with van der Waals surface area (Å²) >= 11 is 0. The first kappa shape index (κ1) is 77.2. The van der Waals surface area contributed by atoms with Gasteiger partial charge in [0.2, 0.25) is 11.8 Å². The van der Waals surface area contributed by atoms with Gasteiger partial charge < -0.3 is 65.8 Å². The van der Waals surface area contributed by atoms with Crippen LogP contribution in [0.5, 0.6) is 0 Å². The molecule has 2 atom stereocenters. The number of hydrogen-bond donors (Lipinski definition) is 4. The lowest BCUT2D eigenvalue weighted by molar-refractivity contribution is -0.424. The quantitative estimate of drug-likeness (QED) is 0.0279. The Hall–Kier alpha value is -3.34. The molecule has 0 aliphatic heterocycles. The van der Waals surface area contributed by atoms with Crippen LogP contribution in [0.15, 0.2) is 25.3 Å². The van der Waals surface area contributed by atoms with Gasteiger partial charge in [0.1, 0.15) is 0 Å². The summed E-state index contributed by atoms with van der Waals surface area (Å²) in [6.07, 6.45) is -11.2. The lowest BCUT2D eigenvalue weighted by Gasteiger charge is -2.35. The number of alkyl halides is 13. The molecule has 0 saturated heterocycles. The van der Waals surface area contributed by atoms with Crippen molar-refractivity contribution in [3.8, 4) is 0 Å². The first-order chi connectivity index (χ1) is 33.9. The van der Waals surface area contributed by atoms with Gasteiger partial charge in [-0.15, -0.1) is 26.3 Å². The summed E-state index contributed by atoms with van der Waals surface area (Å²) in [5.41, 5.74) is -4.54. The minimum Gasteiger partial charge on any atom is -0.379 e. The Labute approximate surface area is 425 Å². The molecule has 0 heterocycles. The van der Waals surface area contributed by atoms with Crippen LogP contribution >= 0.6 is 0 Å². The molecule has 0 aromatic rings. The van der Waals surface area contributed by atoms with Gasteiger partial charge in [0, 0.05) is 116 Å². The second-order valence-corrected chi connectivity index (χ2v) is 23.0. The maximum absolute atomic E-state index is 14.7. The maximum atomic E-state index is 14.7. The van der Waals surface area contributed by atoms with Crippen LogP contribution in [0.4, 0.5) is 57.1 Å². The number of rotatable bonds is 34. The van der Waals surface area contributed by atoms with E-state index in [0.29, 0.717) is 31.5 Å². The molecule has 0 aliphatic rings. The van der Waals surface area contributed by atoms with E-state index in [1.807, 2.05) is 0 Å². The topological polar surface area (TPSA) is 218 Å². The minimum absolute atomic E-state index is 0.144. The Bertz CT molecular complexity index is 1600. The molecule has 0 saturated carbocycles. The summed E-state index contributed by atoms with van der Waals surface area (Å²) in [5.74, 6) is -22.0. The predicted octanol–water partition coefficient (Wildman–Crippen LogP) is 5.28. The van der Waals surface area contributed by atoms with Crippen LogP contribution < -0.4 is 21.3 Å². The number of carbonyl (C=O) groups excluding carboxylic acids is 4. The third kappa shape index (κ3) is 28.7. The lowest BCUT2D eigenvalue weighted by Crippen LogP contribution is -2.62. The molecule has 440 valence electrons. The van der Waals surface area contributed by atoms with E-state index in [4.69, 9.17) is 39.8 Å². The standard InChI is InChI=1S/C17H37FN2O8Si2.C11H17FN2O2.C8H7F11O2.C3H10O3Si/c1-17(18,16(22)20-11-9-13-30(26-5,27-6)28-7)14-15(21)19-10-8-12-29(23-2,24-3)25-4;1-4-6-13-9(15)8-11(3,12)10(16)14-7-5-2;1-20-7(15,16)6(13,14)5(11,12)4(9,10)2-3-21-8(17,18)19;1-4-7(5-2)6-3/h8-14H2,1-7H3,(H,19,21)(H,20,22);4-5H,1-2,6-8H2,3H3,(H,13,15)(H,14,16);2-3H2,1H3;7H,1-3H3. The Morgan fingerprint density at radius 1 is 0.527 bits per heavy atom. The van der Waals surface area contributed by atoms with Crippen molar-refractivity contribution >= 4 is 50.8 Å². The fourth-order valence-corrected chi connectivity index (χ4v) is 9.06. The smallest absolute Gasteiger partial charge is 0.379 e. The first-order valence-electron chi connectivity index (χ1n) is 21.3. The molecule has 19 nitrogen and oxygen atoms in total. The van der Waals surface area contributed by atoms with E-state index >= 15 is 0 Å². The van der Waals surface area contributed by atoms with Crippen LogP contribution in [0.2, 0.25) is 12.1 Å². The van der Waals surface area contributed by atoms with Gasteiger partial charge in [0.05, 0.1) is 19.4 Å². The van der Waals surface area contributed by atoms with Crippen molar-refractivity contribution in [3.05, 3.63) is 25.3 Å².